The summed E-state index contributed by atoms with van der Waals surface area (Å²) < 4.78 is 22.6. The van der Waals surface area contributed by atoms with E-state index >= 15 is 0 Å². The highest BCUT2D eigenvalue weighted by Crippen LogP contribution is 2.39. The Hall–Kier alpha value is -3.72. The monoisotopic (exact) mass is 550 g/mol. The van der Waals surface area contributed by atoms with Gasteiger partial charge in [-0.15, -0.1) is 11.3 Å². The number of fused-ring (bicyclic) bond motifs is 1. The van der Waals surface area contributed by atoms with Gasteiger partial charge in [0.25, 0.3) is 0 Å². The molecule has 2 aromatic carbocycles. The van der Waals surface area contributed by atoms with Gasteiger partial charge in [0.05, 0.1) is 20.6 Å². The average Bonchev–Trinajstić information content (AvgIpc) is 3.48. The molecule has 39 heavy (non-hydrogen) atoms. The first kappa shape index (κ1) is 26.9. The lowest BCUT2D eigenvalue weighted by Gasteiger charge is -2.34. The van der Waals surface area contributed by atoms with Crippen molar-refractivity contribution in [2.75, 3.05) is 32.3 Å². The summed E-state index contributed by atoms with van der Waals surface area (Å²) in [6.45, 7) is 0.881. The minimum Gasteiger partial charge on any atom is -0.493 e. The van der Waals surface area contributed by atoms with Gasteiger partial charge in [0.15, 0.2) is 23.0 Å². The number of rotatable bonds is 9. The van der Waals surface area contributed by atoms with E-state index in [2.05, 4.69) is 5.32 Å². The molecule has 2 amide bonds. The molecule has 0 bridgehead atoms. The molecule has 0 saturated heterocycles. The number of carbonyl (C=O) groups is 2. The second-order valence-corrected chi connectivity index (χ2v) is 10.7. The Balaban J connectivity index is 1.60. The molecule has 1 N–H and O–H groups in total. The molecule has 2 heterocycles. The van der Waals surface area contributed by atoms with E-state index in [1.165, 1.54) is 17.8 Å². The van der Waals surface area contributed by atoms with E-state index in [1.54, 1.807) is 43.4 Å². The van der Waals surface area contributed by atoms with E-state index in [-0.39, 0.29) is 24.3 Å². The Morgan fingerprint density at radius 1 is 0.974 bits per heavy atom. The van der Waals surface area contributed by atoms with Crippen LogP contribution in [0.5, 0.6) is 23.0 Å². The van der Waals surface area contributed by atoms with Crippen molar-refractivity contribution in [1.29, 1.82) is 0 Å². The van der Waals surface area contributed by atoms with Gasteiger partial charge in [0, 0.05) is 22.7 Å². The van der Waals surface area contributed by atoms with Crippen molar-refractivity contribution in [1.82, 2.24) is 5.32 Å². The van der Waals surface area contributed by atoms with Crippen LogP contribution in [0.3, 0.4) is 0 Å². The van der Waals surface area contributed by atoms with Gasteiger partial charge in [-0.1, -0.05) is 31.4 Å². The Labute approximate surface area is 232 Å². The van der Waals surface area contributed by atoms with Crippen LogP contribution in [0.25, 0.3) is 0 Å². The number of nitrogens with one attached hydrogen (secondary N) is 1. The van der Waals surface area contributed by atoms with Crippen molar-refractivity contribution in [3.05, 3.63) is 64.4 Å². The fourth-order valence-corrected chi connectivity index (χ4v) is 5.93. The third-order valence-corrected chi connectivity index (χ3v) is 8.04. The molecule has 5 rings (SSSR count). The van der Waals surface area contributed by atoms with E-state index in [9.17, 15) is 9.59 Å². The van der Waals surface area contributed by atoms with Crippen molar-refractivity contribution >= 4 is 28.8 Å². The number of hydrogen-bond donors (Lipinski definition) is 1. The fourth-order valence-electron chi connectivity index (χ4n) is 5.23. The zero-order chi connectivity index (χ0) is 27.2. The predicted octanol–water partition coefficient (Wildman–Crippen LogP) is 5.30. The van der Waals surface area contributed by atoms with Crippen molar-refractivity contribution in [2.45, 2.75) is 50.6 Å². The SMILES string of the molecule is COc1ccc([C@H](C(=O)NC2CCCCC2)N(C(=O)Cc2cccs2)c2ccc3c(c2)OCCO3)cc1OC. The van der Waals surface area contributed by atoms with Crippen molar-refractivity contribution in [2.24, 2.45) is 0 Å². The zero-order valence-electron chi connectivity index (χ0n) is 22.3. The number of methoxy groups -OCH3 is 2. The molecule has 1 aromatic heterocycles. The summed E-state index contributed by atoms with van der Waals surface area (Å²) in [5.41, 5.74) is 1.18. The minimum absolute atomic E-state index is 0.0726. The number of benzene rings is 2. The van der Waals surface area contributed by atoms with Crippen molar-refractivity contribution < 1.29 is 28.5 Å². The topological polar surface area (TPSA) is 86.3 Å². The highest BCUT2D eigenvalue weighted by atomic mass is 32.1. The smallest absolute Gasteiger partial charge is 0.248 e. The molecule has 1 atom stereocenters. The maximum atomic E-state index is 14.1. The summed E-state index contributed by atoms with van der Waals surface area (Å²) in [4.78, 5) is 30.7. The van der Waals surface area contributed by atoms with E-state index in [1.807, 2.05) is 29.6 Å². The molecule has 8 nitrogen and oxygen atoms in total. The Kier molecular flexibility index (Phi) is 8.56. The van der Waals surface area contributed by atoms with Crippen molar-refractivity contribution in [3.8, 4) is 23.0 Å². The van der Waals surface area contributed by atoms with Crippen LogP contribution in [0.1, 0.15) is 48.6 Å². The van der Waals surface area contributed by atoms with Crippen LogP contribution in [0, 0.1) is 0 Å². The Morgan fingerprint density at radius 2 is 1.74 bits per heavy atom. The maximum absolute atomic E-state index is 14.1. The molecule has 1 aliphatic heterocycles. The summed E-state index contributed by atoms with van der Waals surface area (Å²) in [6, 6.07) is 13.7. The molecule has 1 saturated carbocycles. The number of amides is 2. The lowest BCUT2D eigenvalue weighted by molar-refractivity contribution is -0.127. The van der Waals surface area contributed by atoms with Gasteiger partial charge in [-0.05, 0) is 54.1 Å². The van der Waals surface area contributed by atoms with Crippen LogP contribution in [0.2, 0.25) is 0 Å². The molecule has 9 heteroatoms. The van der Waals surface area contributed by atoms with Gasteiger partial charge in [0.2, 0.25) is 11.8 Å². The van der Waals surface area contributed by atoms with Gasteiger partial charge in [0.1, 0.15) is 19.3 Å². The lowest BCUT2D eigenvalue weighted by Crippen LogP contribution is -2.47. The summed E-state index contributed by atoms with van der Waals surface area (Å²) in [5.74, 6) is 1.76. The third-order valence-electron chi connectivity index (χ3n) is 7.16. The molecule has 1 fully saturated rings. The van der Waals surface area contributed by atoms with Crippen LogP contribution < -0.4 is 29.2 Å². The van der Waals surface area contributed by atoms with Gasteiger partial charge in [-0.3, -0.25) is 14.5 Å². The zero-order valence-corrected chi connectivity index (χ0v) is 23.1. The molecule has 0 unspecified atom stereocenters. The number of thiophene rings is 1. The normalized spacial score (nSPS) is 15.7. The van der Waals surface area contributed by atoms with Crippen LogP contribution in [-0.2, 0) is 16.0 Å². The Bertz CT molecular complexity index is 1290. The maximum Gasteiger partial charge on any atom is 0.248 e. The molecular formula is C30H34N2O6S. The largest absolute Gasteiger partial charge is 0.493 e. The fraction of sp³-hybridized carbons (Fsp3) is 0.400. The number of carbonyl (C=O) groups excluding carboxylic acids is 2. The van der Waals surface area contributed by atoms with E-state index in [4.69, 9.17) is 18.9 Å². The predicted molar refractivity (Wildman–Crippen MR) is 150 cm³/mol. The average molecular weight is 551 g/mol. The van der Waals surface area contributed by atoms with Crippen LogP contribution >= 0.6 is 11.3 Å². The first-order valence-corrected chi connectivity index (χ1v) is 14.2. The van der Waals surface area contributed by atoms with Gasteiger partial charge in [-0.25, -0.2) is 0 Å². The van der Waals surface area contributed by atoms with Gasteiger partial charge < -0.3 is 24.3 Å². The number of hydrogen-bond acceptors (Lipinski definition) is 7. The molecular weight excluding hydrogens is 516 g/mol. The second kappa shape index (κ2) is 12.4. The highest BCUT2D eigenvalue weighted by Gasteiger charge is 2.35. The van der Waals surface area contributed by atoms with E-state index in [0.717, 1.165) is 30.6 Å². The second-order valence-electron chi connectivity index (χ2n) is 9.71. The third kappa shape index (κ3) is 6.14. The van der Waals surface area contributed by atoms with Crippen molar-refractivity contribution in [3.63, 3.8) is 0 Å². The number of nitrogens with zero attached hydrogens (tertiary/aromatic N) is 1. The van der Waals surface area contributed by atoms with Crippen LogP contribution in [0.15, 0.2) is 53.9 Å². The standard InChI is InChI=1S/C30H34N2O6S/c1-35-24-12-10-20(17-26(24)36-2)29(30(34)31-21-7-4-3-5-8-21)32(28(33)19-23-9-6-16-39-23)22-11-13-25-27(18-22)38-15-14-37-25/h6,9-13,16-18,21,29H,3-5,7-8,14-15,19H2,1-2H3,(H,31,34)/t29-/m1/s1. The first-order chi connectivity index (χ1) is 19.1. The minimum atomic E-state index is -0.943. The quantitative estimate of drug-likeness (QED) is 0.389. The van der Waals surface area contributed by atoms with Crippen LogP contribution in [0.4, 0.5) is 5.69 Å². The molecule has 0 radical (unpaired) electrons. The molecule has 2 aliphatic rings. The van der Waals surface area contributed by atoms with Crippen LogP contribution in [-0.4, -0.2) is 45.3 Å². The van der Waals surface area contributed by atoms with E-state index in [0.29, 0.717) is 47.5 Å². The molecule has 206 valence electrons. The summed E-state index contributed by atoms with van der Waals surface area (Å²) >= 11 is 1.51. The van der Waals surface area contributed by atoms with Gasteiger partial charge in [-0.2, -0.15) is 0 Å². The number of anilines is 1. The summed E-state index contributed by atoms with van der Waals surface area (Å²) in [5, 5.41) is 5.19. The summed E-state index contributed by atoms with van der Waals surface area (Å²) in [7, 11) is 3.12. The van der Waals surface area contributed by atoms with E-state index < -0.39 is 6.04 Å². The highest BCUT2D eigenvalue weighted by molar-refractivity contribution is 7.10. The summed E-state index contributed by atoms with van der Waals surface area (Å²) in [6.07, 6.45) is 5.35. The molecule has 1 aliphatic carbocycles. The number of ether oxygens (including phenoxy) is 4. The molecule has 3 aromatic rings. The lowest BCUT2D eigenvalue weighted by atomic mass is 9.94. The molecule has 0 spiro atoms. The van der Waals surface area contributed by atoms with Gasteiger partial charge >= 0.3 is 0 Å². The first-order valence-electron chi connectivity index (χ1n) is 13.3. The Morgan fingerprint density at radius 3 is 2.46 bits per heavy atom.